The van der Waals surface area contributed by atoms with Crippen molar-refractivity contribution < 1.29 is 9.47 Å². The highest BCUT2D eigenvalue weighted by Crippen LogP contribution is 2.66. The van der Waals surface area contributed by atoms with Gasteiger partial charge in [0.15, 0.2) is 0 Å². The number of nitrogens with zero attached hydrogens (tertiary/aromatic N) is 7. The summed E-state index contributed by atoms with van der Waals surface area (Å²) in [7, 11) is 0. The molecule has 0 atom stereocenters. The lowest BCUT2D eigenvalue weighted by Crippen LogP contribution is -2.32. The van der Waals surface area contributed by atoms with E-state index in [1.54, 1.807) is 12.4 Å². The van der Waals surface area contributed by atoms with Crippen LogP contribution in [0, 0.1) is 0 Å². The van der Waals surface area contributed by atoms with E-state index in [1.807, 2.05) is 48.5 Å². The van der Waals surface area contributed by atoms with Gasteiger partial charge in [-0.3, -0.25) is 14.5 Å². The molecule has 8 heterocycles. The zero-order valence-corrected chi connectivity index (χ0v) is 67.4. The maximum absolute atomic E-state index is 6.65. The van der Waals surface area contributed by atoms with Crippen molar-refractivity contribution in [1.82, 2.24) is 34.5 Å². The smallest absolute Gasteiger partial charge is 0.145 e. The summed E-state index contributed by atoms with van der Waals surface area (Å²) in [5.41, 5.74) is 33.5. The second kappa shape index (κ2) is 28.5. The second-order valence-electron chi connectivity index (χ2n) is 32.5. The van der Waals surface area contributed by atoms with E-state index >= 15 is 0 Å². The van der Waals surface area contributed by atoms with Gasteiger partial charge >= 0.3 is 0 Å². The van der Waals surface area contributed by atoms with Crippen molar-refractivity contribution >= 4 is 54.4 Å². The predicted molar refractivity (Wildman–Crippen MR) is 505 cm³/mol. The molecular formula is C116H71N7O2. The monoisotopic (exact) mass is 1590 g/mol. The maximum atomic E-state index is 6.65. The first kappa shape index (κ1) is 71.3. The highest BCUT2D eigenvalue weighted by Gasteiger charge is 2.53. The van der Waals surface area contributed by atoms with E-state index in [-0.39, 0.29) is 0 Å². The zero-order valence-electron chi connectivity index (χ0n) is 67.4. The van der Waals surface area contributed by atoms with Gasteiger partial charge in [0.05, 0.1) is 67.1 Å². The molecule has 125 heavy (non-hydrogen) atoms. The minimum Gasteiger partial charge on any atom is -0.457 e. The number of para-hydroxylation sites is 7. The van der Waals surface area contributed by atoms with Crippen molar-refractivity contribution in [3.05, 3.63) is 475 Å². The van der Waals surface area contributed by atoms with Gasteiger partial charge in [0.1, 0.15) is 28.8 Å². The Morgan fingerprint density at radius 2 is 0.592 bits per heavy atom. The number of pyridine rings is 5. The quantitative estimate of drug-likeness (QED) is 0.132. The number of benzene rings is 16. The first-order chi connectivity index (χ1) is 62.0. The molecule has 0 unspecified atom stereocenters. The average Bonchev–Trinajstić information content (AvgIpc) is 1.51. The van der Waals surface area contributed by atoms with Gasteiger partial charge < -0.3 is 9.47 Å². The van der Waals surface area contributed by atoms with Gasteiger partial charge in [-0.1, -0.05) is 322 Å². The van der Waals surface area contributed by atoms with Gasteiger partial charge in [-0.2, -0.15) is 0 Å². The van der Waals surface area contributed by atoms with E-state index in [4.69, 9.17) is 29.4 Å². The number of ether oxygens (including phenoxy) is 2. The summed E-state index contributed by atoms with van der Waals surface area (Å²) in [5, 5.41) is 6.93. The number of fused-ring (bicyclic) bond motifs is 27. The van der Waals surface area contributed by atoms with Crippen LogP contribution < -0.4 is 9.47 Å². The Hall–Kier alpha value is -16.6. The first-order valence-electron chi connectivity index (χ1n) is 42.4. The summed E-state index contributed by atoms with van der Waals surface area (Å²) in [5.74, 6) is 4.47. The Balaban J connectivity index is 0.000000137. The Morgan fingerprint density at radius 3 is 1.04 bits per heavy atom. The molecule has 0 radical (unpaired) electrons. The normalized spacial score (nSPS) is 13.1. The van der Waals surface area contributed by atoms with Gasteiger partial charge in [-0.15, -0.1) is 0 Å². The van der Waals surface area contributed by atoms with Crippen LogP contribution in [0.2, 0.25) is 0 Å². The molecule has 582 valence electrons. The molecule has 0 saturated carbocycles. The van der Waals surface area contributed by atoms with Crippen LogP contribution in [0.25, 0.3) is 172 Å². The molecular weight excluding hydrogens is 1520 g/mol. The molecule has 0 N–H and O–H groups in total. The molecule has 0 amide bonds. The van der Waals surface area contributed by atoms with Crippen molar-refractivity contribution in [3.8, 4) is 141 Å². The molecule has 2 spiro atoms. The number of aromatic nitrogens is 7. The van der Waals surface area contributed by atoms with E-state index in [2.05, 4.69) is 385 Å². The van der Waals surface area contributed by atoms with Crippen molar-refractivity contribution in [2.24, 2.45) is 0 Å². The number of hydrogen-bond donors (Lipinski definition) is 0. The molecule has 0 fully saturated rings. The number of imidazole rings is 1. The van der Waals surface area contributed by atoms with Gasteiger partial charge in [0.2, 0.25) is 0 Å². The molecule has 4 aliphatic rings. The lowest BCUT2D eigenvalue weighted by Gasteiger charge is -2.39. The topological polar surface area (TPSA) is 101 Å². The van der Waals surface area contributed by atoms with Gasteiger partial charge in [-0.05, 0) is 175 Å². The van der Waals surface area contributed by atoms with Crippen LogP contribution in [0.5, 0.6) is 23.0 Å². The van der Waals surface area contributed by atoms with E-state index < -0.39 is 10.8 Å². The van der Waals surface area contributed by atoms with Crippen molar-refractivity contribution in [2.75, 3.05) is 0 Å². The molecule has 26 rings (SSSR count). The second-order valence-corrected chi connectivity index (χ2v) is 32.5. The van der Waals surface area contributed by atoms with Gasteiger partial charge in [0, 0.05) is 89.3 Å². The molecule has 0 saturated heterocycles. The van der Waals surface area contributed by atoms with Crippen LogP contribution in [0.15, 0.2) is 431 Å². The lowest BCUT2D eigenvalue weighted by atomic mass is 9.66. The fourth-order valence-corrected chi connectivity index (χ4v) is 20.6. The van der Waals surface area contributed by atoms with Crippen LogP contribution in [0.3, 0.4) is 0 Å². The van der Waals surface area contributed by atoms with E-state index in [9.17, 15) is 0 Å². The summed E-state index contributed by atoms with van der Waals surface area (Å²) < 4.78 is 15.5. The maximum Gasteiger partial charge on any atom is 0.145 e. The molecule has 6 aromatic heterocycles. The van der Waals surface area contributed by atoms with Crippen molar-refractivity contribution in [2.45, 2.75) is 10.8 Å². The van der Waals surface area contributed by atoms with Crippen LogP contribution in [0.1, 0.15) is 44.5 Å². The Bertz CT molecular complexity index is 7990. The van der Waals surface area contributed by atoms with Gasteiger partial charge in [0.25, 0.3) is 0 Å². The highest BCUT2D eigenvalue weighted by molar-refractivity contribution is 6.22. The average molecular weight is 1590 g/mol. The third-order valence-corrected chi connectivity index (χ3v) is 25.9. The zero-order chi connectivity index (χ0) is 82.3. The van der Waals surface area contributed by atoms with Crippen LogP contribution in [0.4, 0.5) is 0 Å². The number of rotatable bonds is 9. The molecule has 16 aromatic carbocycles. The van der Waals surface area contributed by atoms with E-state index in [0.29, 0.717) is 0 Å². The van der Waals surface area contributed by atoms with Crippen LogP contribution in [-0.2, 0) is 10.8 Å². The minimum absolute atomic E-state index is 0.559. The molecule has 0 bridgehead atoms. The molecule has 9 heteroatoms. The fraction of sp³-hybridized carbons (Fsp3) is 0.0172. The third kappa shape index (κ3) is 11.1. The van der Waals surface area contributed by atoms with Crippen LogP contribution in [-0.4, -0.2) is 34.5 Å². The lowest BCUT2D eigenvalue weighted by molar-refractivity contribution is 0.436. The minimum atomic E-state index is -0.568. The molecule has 2 aliphatic heterocycles. The standard InChI is InChI=1S/C59H36N4O.C57H35N3O/c1-2-14-39(15-3-1)58-44-30-31-48-57(42-16-4-5-17-45(42)59(48)46-18-6-8-22-54(46)64-55-23-9-7-19-47(55)59)56(44)43-29-28-40(34-51(43)63-58)37-24-26-38(27-25-37)41-35-52(49-20-10-12-32-60-49)62-53(36-41)50-21-11-13-33-61-50;1-3-15-37(16-4-1)55-43-33-34-47-54(41-19-7-8-20-44(41)57(47)45-21-9-13-25-51(45)61-52-26-14-10-22-46(52)57)53(43)42-32-31-39(35-49(42)58-55)36-27-29-38(30-28-36)56-59-48-23-11-12-24-50(48)60(56)40-17-5-2-6-18-40/h1-36H;1-35H. The summed E-state index contributed by atoms with van der Waals surface area (Å²) in [6, 6.07) is 149. The summed E-state index contributed by atoms with van der Waals surface area (Å²) >= 11 is 0. The summed E-state index contributed by atoms with van der Waals surface area (Å²) in [4.78, 5) is 30.4. The van der Waals surface area contributed by atoms with Gasteiger partial charge in [-0.25, -0.2) is 19.9 Å². The predicted octanol–water partition coefficient (Wildman–Crippen LogP) is 28.6. The first-order valence-corrected chi connectivity index (χ1v) is 42.4. The summed E-state index contributed by atoms with van der Waals surface area (Å²) in [6.07, 6.45) is 3.60. The van der Waals surface area contributed by atoms with Crippen molar-refractivity contribution in [3.63, 3.8) is 0 Å². The molecule has 2 aliphatic carbocycles. The SMILES string of the molecule is c1ccc(-c2nc3cc(-c4ccc(-c5cc(-c6ccccn6)nc(-c6ccccn6)c5)cc4)ccc3c3c4c(ccc23)C2(c3ccccc3Oc3ccccc32)c2ccccc2-4)cc1.c1ccc(-c2nc3cc(-c4ccc(-c5nc6ccccc6n5-c5ccccc5)cc4)ccc3c3c4c(ccc23)C2(c3ccccc3Oc3ccccc32)c2ccccc2-4)cc1. The summed E-state index contributed by atoms with van der Waals surface area (Å²) in [6.45, 7) is 0. The number of hydrogen-bond acceptors (Lipinski definition) is 8. The highest BCUT2D eigenvalue weighted by atomic mass is 16.5. The van der Waals surface area contributed by atoms with E-state index in [1.165, 1.54) is 55.3 Å². The molecule has 9 nitrogen and oxygen atoms in total. The van der Waals surface area contributed by atoms with Crippen LogP contribution >= 0.6 is 0 Å². The molecule has 22 aromatic rings. The fourth-order valence-electron chi connectivity index (χ4n) is 20.6. The van der Waals surface area contributed by atoms with Crippen molar-refractivity contribution in [1.29, 1.82) is 0 Å². The Kier molecular flexibility index (Phi) is 16.3. The largest absolute Gasteiger partial charge is 0.457 e. The Morgan fingerprint density at radius 1 is 0.224 bits per heavy atom. The van der Waals surface area contributed by atoms with E-state index in [0.717, 1.165) is 185 Å². The Labute approximate surface area is 720 Å². The third-order valence-electron chi connectivity index (χ3n) is 25.9.